The maximum Gasteiger partial charge on any atom is 0.122 e. The second-order valence-corrected chi connectivity index (χ2v) is 5.07. The predicted molar refractivity (Wildman–Crippen MR) is 80.1 cm³/mol. The largest absolute Gasteiger partial charge is 0.496 e. The molecule has 2 nitrogen and oxygen atoms in total. The first-order valence-electron chi connectivity index (χ1n) is 5.95. The van der Waals surface area contributed by atoms with E-state index in [0.29, 0.717) is 16.5 Å². The molecule has 2 rings (SSSR count). The van der Waals surface area contributed by atoms with E-state index in [9.17, 15) is 0 Å². The van der Waals surface area contributed by atoms with Gasteiger partial charge in [0.2, 0.25) is 0 Å². The van der Waals surface area contributed by atoms with Crippen molar-refractivity contribution in [3.63, 3.8) is 0 Å². The molecule has 0 aliphatic heterocycles. The van der Waals surface area contributed by atoms with Crippen LogP contribution in [0.2, 0.25) is 10.0 Å². The highest BCUT2D eigenvalue weighted by Crippen LogP contribution is 2.32. The number of halogens is 2. The predicted octanol–water partition coefficient (Wildman–Crippen LogP) is 4.24. The molecular formula is C15H15Cl2NO. The quantitative estimate of drug-likeness (QED) is 0.915. The van der Waals surface area contributed by atoms with Crippen molar-refractivity contribution >= 4 is 23.2 Å². The van der Waals surface area contributed by atoms with Gasteiger partial charge in [-0.2, -0.15) is 0 Å². The highest BCUT2D eigenvalue weighted by Gasteiger charge is 2.16. The standard InChI is InChI=1S/C15H15Cl2NO/c1-19-14-8-3-2-5-10(14)9-13(18)15-11(16)6-4-7-12(15)17/h2-8,13H,9,18H2,1H3. The van der Waals surface area contributed by atoms with Gasteiger partial charge in [-0.15, -0.1) is 0 Å². The fourth-order valence-electron chi connectivity index (χ4n) is 2.08. The van der Waals surface area contributed by atoms with E-state index in [1.165, 1.54) is 0 Å². The molecule has 0 aliphatic rings. The number of hydrogen-bond acceptors (Lipinski definition) is 2. The first-order valence-corrected chi connectivity index (χ1v) is 6.70. The topological polar surface area (TPSA) is 35.2 Å². The molecule has 0 heterocycles. The van der Waals surface area contributed by atoms with Crippen molar-refractivity contribution in [2.45, 2.75) is 12.5 Å². The van der Waals surface area contributed by atoms with Crippen LogP contribution in [-0.4, -0.2) is 7.11 Å². The third kappa shape index (κ3) is 3.21. The zero-order chi connectivity index (χ0) is 13.8. The molecule has 1 unspecified atom stereocenters. The number of rotatable bonds is 4. The van der Waals surface area contributed by atoms with Crippen molar-refractivity contribution in [2.24, 2.45) is 5.73 Å². The number of methoxy groups -OCH3 is 1. The molecule has 0 amide bonds. The number of benzene rings is 2. The Hall–Kier alpha value is -1.22. The zero-order valence-corrected chi connectivity index (χ0v) is 12.1. The number of para-hydroxylation sites is 1. The van der Waals surface area contributed by atoms with E-state index in [0.717, 1.165) is 16.9 Å². The maximum absolute atomic E-state index is 6.23. The van der Waals surface area contributed by atoms with Gasteiger partial charge in [0.1, 0.15) is 5.75 Å². The van der Waals surface area contributed by atoms with Gasteiger partial charge in [0, 0.05) is 21.7 Å². The fourth-order valence-corrected chi connectivity index (χ4v) is 2.75. The summed E-state index contributed by atoms with van der Waals surface area (Å²) in [7, 11) is 1.65. The van der Waals surface area contributed by atoms with Crippen LogP contribution in [0.5, 0.6) is 5.75 Å². The Bertz CT molecular complexity index is 552. The SMILES string of the molecule is COc1ccccc1CC(N)c1c(Cl)cccc1Cl. The Labute approximate surface area is 123 Å². The molecule has 4 heteroatoms. The minimum absolute atomic E-state index is 0.266. The summed E-state index contributed by atoms with van der Waals surface area (Å²) in [5.74, 6) is 0.820. The lowest BCUT2D eigenvalue weighted by Gasteiger charge is -2.17. The maximum atomic E-state index is 6.23. The molecule has 19 heavy (non-hydrogen) atoms. The minimum Gasteiger partial charge on any atom is -0.496 e. The summed E-state index contributed by atoms with van der Waals surface area (Å²) in [6.45, 7) is 0. The lowest BCUT2D eigenvalue weighted by atomic mass is 9.99. The average Bonchev–Trinajstić information content (AvgIpc) is 2.39. The Morgan fingerprint density at radius 1 is 1.05 bits per heavy atom. The molecular weight excluding hydrogens is 281 g/mol. The Kier molecular flexibility index (Phi) is 4.70. The van der Waals surface area contributed by atoms with Gasteiger partial charge in [0.25, 0.3) is 0 Å². The summed E-state index contributed by atoms with van der Waals surface area (Å²) < 4.78 is 5.32. The van der Waals surface area contributed by atoms with E-state index in [-0.39, 0.29) is 6.04 Å². The second-order valence-electron chi connectivity index (χ2n) is 4.26. The molecule has 0 aliphatic carbocycles. The van der Waals surface area contributed by atoms with Gasteiger partial charge in [0.05, 0.1) is 7.11 Å². The molecule has 100 valence electrons. The zero-order valence-electron chi connectivity index (χ0n) is 10.6. The number of nitrogens with two attached hydrogens (primary N) is 1. The molecule has 0 saturated heterocycles. The number of hydrogen-bond donors (Lipinski definition) is 1. The Morgan fingerprint density at radius 3 is 2.32 bits per heavy atom. The summed E-state index contributed by atoms with van der Waals surface area (Å²) in [5, 5.41) is 1.18. The summed E-state index contributed by atoms with van der Waals surface area (Å²) in [6, 6.07) is 12.9. The molecule has 0 spiro atoms. The molecule has 0 bridgehead atoms. The van der Waals surface area contributed by atoms with E-state index < -0.39 is 0 Å². The van der Waals surface area contributed by atoms with E-state index in [1.54, 1.807) is 19.2 Å². The van der Waals surface area contributed by atoms with Crippen LogP contribution in [0.15, 0.2) is 42.5 Å². The van der Waals surface area contributed by atoms with Crippen LogP contribution in [0, 0.1) is 0 Å². The van der Waals surface area contributed by atoms with Gasteiger partial charge >= 0.3 is 0 Å². The van der Waals surface area contributed by atoms with Gasteiger partial charge in [-0.05, 0) is 30.2 Å². The van der Waals surface area contributed by atoms with Crippen molar-refractivity contribution < 1.29 is 4.74 Å². The van der Waals surface area contributed by atoms with Crippen LogP contribution in [0.1, 0.15) is 17.2 Å². The second kappa shape index (κ2) is 6.29. The van der Waals surface area contributed by atoms with Gasteiger partial charge in [-0.1, -0.05) is 47.5 Å². The highest BCUT2D eigenvalue weighted by atomic mass is 35.5. The Balaban J connectivity index is 2.28. The van der Waals surface area contributed by atoms with Crippen LogP contribution in [0.25, 0.3) is 0 Å². The van der Waals surface area contributed by atoms with E-state index in [4.69, 9.17) is 33.7 Å². The average molecular weight is 296 g/mol. The first kappa shape index (κ1) is 14.2. The highest BCUT2D eigenvalue weighted by molar-refractivity contribution is 6.36. The summed E-state index contributed by atoms with van der Waals surface area (Å²) in [5.41, 5.74) is 8.04. The van der Waals surface area contributed by atoms with E-state index in [1.807, 2.05) is 30.3 Å². The third-order valence-electron chi connectivity index (χ3n) is 3.00. The molecule has 2 aromatic carbocycles. The Morgan fingerprint density at radius 2 is 1.68 bits per heavy atom. The van der Waals surface area contributed by atoms with Crippen molar-refractivity contribution in [3.8, 4) is 5.75 Å². The van der Waals surface area contributed by atoms with Crippen molar-refractivity contribution in [1.29, 1.82) is 0 Å². The summed E-state index contributed by atoms with van der Waals surface area (Å²) >= 11 is 12.3. The molecule has 1 atom stereocenters. The smallest absolute Gasteiger partial charge is 0.122 e. The van der Waals surface area contributed by atoms with Crippen LogP contribution in [0.3, 0.4) is 0 Å². The lowest BCUT2D eigenvalue weighted by Crippen LogP contribution is -2.15. The van der Waals surface area contributed by atoms with Crippen LogP contribution < -0.4 is 10.5 Å². The van der Waals surface area contributed by atoms with Crippen LogP contribution in [-0.2, 0) is 6.42 Å². The van der Waals surface area contributed by atoms with Gasteiger partial charge in [-0.25, -0.2) is 0 Å². The fraction of sp³-hybridized carbons (Fsp3) is 0.200. The van der Waals surface area contributed by atoms with Crippen molar-refractivity contribution in [3.05, 3.63) is 63.6 Å². The van der Waals surface area contributed by atoms with E-state index in [2.05, 4.69) is 0 Å². The van der Waals surface area contributed by atoms with Crippen molar-refractivity contribution in [1.82, 2.24) is 0 Å². The molecule has 0 radical (unpaired) electrons. The molecule has 2 N–H and O–H groups in total. The molecule has 2 aromatic rings. The normalized spacial score (nSPS) is 12.2. The van der Waals surface area contributed by atoms with Gasteiger partial charge < -0.3 is 10.5 Å². The summed E-state index contributed by atoms with van der Waals surface area (Å²) in [6.07, 6.45) is 0.619. The third-order valence-corrected chi connectivity index (χ3v) is 3.66. The minimum atomic E-state index is -0.266. The molecule has 0 saturated carbocycles. The summed E-state index contributed by atoms with van der Waals surface area (Å²) in [4.78, 5) is 0. The lowest BCUT2D eigenvalue weighted by molar-refractivity contribution is 0.408. The molecule has 0 aromatic heterocycles. The van der Waals surface area contributed by atoms with Gasteiger partial charge in [-0.3, -0.25) is 0 Å². The molecule has 0 fully saturated rings. The van der Waals surface area contributed by atoms with Crippen LogP contribution >= 0.6 is 23.2 Å². The van der Waals surface area contributed by atoms with Crippen molar-refractivity contribution in [2.75, 3.05) is 7.11 Å². The van der Waals surface area contributed by atoms with E-state index >= 15 is 0 Å². The monoisotopic (exact) mass is 295 g/mol. The first-order chi connectivity index (χ1) is 9.13. The van der Waals surface area contributed by atoms with Gasteiger partial charge in [0.15, 0.2) is 0 Å². The van der Waals surface area contributed by atoms with Crippen LogP contribution in [0.4, 0.5) is 0 Å². The number of ether oxygens (including phenoxy) is 1.